The normalized spacial score (nSPS) is 12.0. The van der Waals surface area contributed by atoms with Gasteiger partial charge in [-0.25, -0.2) is 15.0 Å². The zero-order valence-electron chi connectivity index (χ0n) is 29.7. The van der Waals surface area contributed by atoms with Gasteiger partial charge in [-0.2, -0.15) is 0 Å². The number of benzene rings is 7. The molecule has 6 heteroatoms. The summed E-state index contributed by atoms with van der Waals surface area (Å²) in [7, 11) is 0. The van der Waals surface area contributed by atoms with Crippen molar-refractivity contribution in [2.24, 2.45) is 0 Å². The van der Waals surface area contributed by atoms with Gasteiger partial charge in [0.1, 0.15) is 17.2 Å². The molecule has 0 bridgehead atoms. The van der Waals surface area contributed by atoms with Crippen LogP contribution in [0.25, 0.3) is 78.6 Å². The van der Waals surface area contributed by atoms with Crippen LogP contribution in [-0.4, -0.2) is 24.1 Å². The van der Waals surface area contributed by atoms with E-state index in [1.54, 1.807) is 0 Å². The fourth-order valence-corrected chi connectivity index (χ4v) is 8.14. The first-order valence-electron chi connectivity index (χ1n) is 18.5. The average molecular weight is 705 g/mol. The van der Waals surface area contributed by atoms with Crippen molar-refractivity contribution < 1.29 is 0 Å². The number of nitrogens with zero attached hydrogens (tertiary/aromatic N) is 6. The highest BCUT2D eigenvalue weighted by Crippen LogP contribution is 2.51. The fourth-order valence-electron chi connectivity index (χ4n) is 8.14. The Hall–Kier alpha value is -7.57. The van der Waals surface area contributed by atoms with Gasteiger partial charge in [-0.15, -0.1) is 0 Å². The highest BCUT2D eigenvalue weighted by atomic mass is 15.2. The maximum Gasteiger partial charge on any atom is 0.164 e. The van der Waals surface area contributed by atoms with Crippen LogP contribution in [0.2, 0.25) is 0 Å². The molecular formula is C49H32N6. The third-order valence-electron chi connectivity index (χ3n) is 10.5. The molecule has 0 unspecified atom stereocenters. The molecule has 0 atom stereocenters. The number of imidazole rings is 2. The third kappa shape index (κ3) is 5.00. The molecule has 4 heterocycles. The lowest BCUT2D eigenvalue weighted by Crippen LogP contribution is -2.12. The van der Waals surface area contributed by atoms with E-state index in [9.17, 15) is 0 Å². The smallest absolute Gasteiger partial charge is 0.164 e. The first-order valence-corrected chi connectivity index (χ1v) is 18.5. The quantitative estimate of drug-likeness (QED) is 0.179. The second-order valence-electron chi connectivity index (χ2n) is 13.7. The minimum atomic E-state index is 0.796. The molecule has 0 aliphatic carbocycles. The van der Waals surface area contributed by atoms with Crippen LogP contribution < -0.4 is 4.90 Å². The Balaban J connectivity index is 1.25. The van der Waals surface area contributed by atoms with Gasteiger partial charge < -0.3 is 4.90 Å². The number of hydrogen-bond acceptors (Lipinski definition) is 4. The van der Waals surface area contributed by atoms with Gasteiger partial charge in [0.2, 0.25) is 0 Å². The van der Waals surface area contributed by atoms with E-state index in [1.807, 2.05) is 30.5 Å². The summed E-state index contributed by atoms with van der Waals surface area (Å²) >= 11 is 0. The molecule has 1 aliphatic heterocycles. The van der Waals surface area contributed by atoms with Gasteiger partial charge in [0.25, 0.3) is 0 Å². The Labute approximate surface area is 317 Å². The molecule has 0 radical (unpaired) electrons. The Bertz CT molecular complexity index is 2850. The first kappa shape index (κ1) is 31.0. The lowest BCUT2D eigenvalue weighted by atomic mass is 9.95. The highest BCUT2D eigenvalue weighted by Gasteiger charge is 2.28. The van der Waals surface area contributed by atoms with Crippen molar-refractivity contribution in [2.45, 2.75) is 0 Å². The van der Waals surface area contributed by atoms with Gasteiger partial charge >= 0.3 is 0 Å². The molecule has 3 aromatic heterocycles. The average Bonchev–Trinajstić information content (AvgIpc) is 3.81. The van der Waals surface area contributed by atoms with E-state index in [0.29, 0.717) is 0 Å². The van der Waals surface area contributed by atoms with E-state index in [0.717, 1.165) is 73.4 Å². The molecule has 55 heavy (non-hydrogen) atoms. The molecule has 258 valence electrons. The van der Waals surface area contributed by atoms with Crippen molar-refractivity contribution in [1.29, 1.82) is 0 Å². The van der Waals surface area contributed by atoms with Gasteiger partial charge in [0.15, 0.2) is 5.65 Å². The largest absolute Gasteiger partial charge is 0.309 e. The van der Waals surface area contributed by atoms with Crippen molar-refractivity contribution >= 4 is 39.3 Å². The Morgan fingerprint density at radius 2 is 0.855 bits per heavy atom. The Morgan fingerprint density at radius 1 is 0.364 bits per heavy atom. The molecule has 11 rings (SSSR count). The van der Waals surface area contributed by atoms with Crippen molar-refractivity contribution in [2.75, 3.05) is 4.90 Å². The zero-order valence-corrected chi connectivity index (χ0v) is 29.7. The predicted molar refractivity (Wildman–Crippen MR) is 223 cm³/mol. The second-order valence-corrected chi connectivity index (χ2v) is 13.7. The summed E-state index contributed by atoms with van der Waals surface area (Å²) in [5.41, 5.74) is 15.4. The highest BCUT2D eigenvalue weighted by molar-refractivity contribution is 6.03. The van der Waals surface area contributed by atoms with Crippen LogP contribution in [0.4, 0.5) is 17.1 Å². The van der Waals surface area contributed by atoms with Crippen LogP contribution in [0, 0.1) is 0 Å². The van der Waals surface area contributed by atoms with Gasteiger partial charge in [-0.05, 0) is 90.0 Å². The van der Waals surface area contributed by atoms with Crippen LogP contribution in [0.3, 0.4) is 0 Å². The molecule has 0 saturated heterocycles. The number of rotatable bonds is 5. The van der Waals surface area contributed by atoms with Gasteiger partial charge in [-0.3, -0.25) is 9.13 Å². The summed E-state index contributed by atoms with van der Waals surface area (Å²) in [6.07, 6.45) is 1.83. The fraction of sp³-hybridized carbons (Fsp3) is 0. The van der Waals surface area contributed by atoms with E-state index in [1.165, 1.54) is 22.3 Å². The number of hydrogen-bond donors (Lipinski definition) is 0. The number of anilines is 3. The number of para-hydroxylation sites is 6. The van der Waals surface area contributed by atoms with Gasteiger partial charge in [0.05, 0.1) is 22.4 Å². The van der Waals surface area contributed by atoms with E-state index < -0.39 is 0 Å². The van der Waals surface area contributed by atoms with Crippen LogP contribution >= 0.6 is 0 Å². The van der Waals surface area contributed by atoms with Crippen molar-refractivity contribution in [3.8, 4) is 56.4 Å². The molecule has 0 amide bonds. The molecule has 0 fully saturated rings. The van der Waals surface area contributed by atoms with Crippen LogP contribution in [0.15, 0.2) is 194 Å². The number of pyridine rings is 1. The monoisotopic (exact) mass is 704 g/mol. The lowest BCUT2D eigenvalue weighted by Gasteiger charge is -2.28. The lowest BCUT2D eigenvalue weighted by molar-refractivity contribution is 1.07. The summed E-state index contributed by atoms with van der Waals surface area (Å²) in [6.45, 7) is 0. The van der Waals surface area contributed by atoms with E-state index in [4.69, 9.17) is 15.0 Å². The van der Waals surface area contributed by atoms with Crippen molar-refractivity contribution in [3.05, 3.63) is 194 Å². The molecular weight excluding hydrogens is 673 g/mol. The minimum absolute atomic E-state index is 0.796. The van der Waals surface area contributed by atoms with E-state index in [-0.39, 0.29) is 0 Å². The second kappa shape index (κ2) is 12.5. The number of fused-ring (bicyclic) bond motifs is 7. The molecule has 0 saturated carbocycles. The van der Waals surface area contributed by atoms with Crippen molar-refractivity contribution in [3.63, 3.8) is 0 Å². The summed E-state index contributed by atoms with van der Waals surface area (Å²) in [5.74, 6) is 1.64. The van der Waals surface area contributed by atoms with Crippen LogP contribution in [0.5, 0.6) is 0 Å². The molecule has 0 spiro atoms. The maximum atomic E-state index is 5.35. The van der Waals surface area contributed by atoms with Crippen molar-refractivity contribution in [1.82, 2.24) is 24.1 Å². The molecule has 6 nitrogen and oxygen atoms in total. The Morgan fingerprint density at radius 3 is 1.51 bits per heavy atom. The van der Waals surface area contributed by atoms with E-state index >= 15 is 0 Å². The topological polar surface area (TPSA) is 51.8 Å². The van der Waals surface area contributed by atoms with Gasteiger partial charge in [-0.1, -0.05) is 109 Å². The molecule has 0 N–H and O–H groups in total. The Kier molecular flexibility index (Phi) is 7.07. The molecule has 10 aromatic rings. The molecule has 7 aromatic carbocycles. The maximum absolute atomic E-state index is 5.35. The van der Waals surface area contributed by atoms with Crippen LogP contribution in [-0.2, 0) is 0 Å². The summed E-state index contributed by atoms with van der Waals surface area (Å²) in [5, 5.41) is 0. The predicted octanol–water partition coefficient (Wildman–Crippen LogP) is 12.2. The standard InChI is InChI=1S/C49H32N6/c1-3-16-35(17-4-1)54-46-28-14-11-24-42(46)51-47(54)33-30-34(48-52-43-25-15-29-50-49(43)55(48)36-18-5-2-6-19-36)32-37(31-33)53-44-26-12-9-22-40(44)38-20-7-8-21-39(38)41-23-10-13-27-45(41)53/h1-32H. The first-order chi connectivity index (χ1) is 27.3. The third-order valence-corrected chi connectivity index (χ3v) is 10.5. The SMILES string of the molecule is c1ccc(-n2c(-c3cc(-c4nc5cccnc5n4-c4ccccc4)cc(N4c5ccccc5-c5ccccc5-c5ccccc54)c3)nc3ccccc32)cc1. The number of aromatic nitrogens is 5. The van der Waals surface area contributed by atoms with Crippen LogP contribution in [0.1, 0.15) is 0 Å². The molecule has 1 aliphatic rings. The summed E-state index contributed by atoms with van der Waals surface area (Å²) < 4.78 is 4.43. The zero-order chi connectivity index (χ0) is 36.3. The summed E-state index contributed by atoms with van der Waals surface area (Å²) in [6, 6.07) is 66.1. The van der Waals surface area contributed by atoms with Gasteiger partial charge in [0, 0.05) is 45.5 Å². The minimum Gasteiger partial charge on any atom is -0.309 e. The summed E-state index contributed by atoms with van der Waals surface area (Å²) in [4.78, 5) is 17.9. The van der Waals surface area contributed by atoms with E-state index in [2.05, 4.69) is 178 Å².